The van der Waals surface area contributed by atoms with E-state index in [1.807, 2.05) is 13.2 Å². The molecule has 0 saturated carbocycles. The fraction of sp³-hybridized carbons (Fsp3) is 0.571. The molecular formula is C14H23NO4S2. The third-order valence-corrected chi connectivity index (χ3v) is 5.66. The van der Waals surface area contributed by atoms with Crippen LogP contribution < -0.4 is 5.32 Å². The van der Waals surface area contributed by atoms with Gasteiger partial charge in [-0.2, -0.15) is 11.8 Å². The van der Waals surface area contributed by atoms with E-state index < -0.39 is 15.9 Å². The molecule has 0 aliphatic carbocycles. The zero-order valence-corrected chi connectivity index (χ0v) is 14.1. The maximum atomic E-state index is 11.4. The maximum absolute atomic E-state index is 11.4. The predicted molar refractivity (Wildman–Crippen MR) is 86.4 cm³/mol. The highest BCUT2D eigenvalue weighted by atomic mass is 32.2. The number of hydrogen-bond acceptors (Lipinski definition) is 6. The number of nitrogens with one attached hydrogen (secondary N) is 1. The Morgan fingerprint density at radius 2 is 1.86 bits per heavy atom. The normalized spacial score (nSPS) is 16.4. The van der Waals surface area contributed by atoms with Crippen molar-refractivity contribution < 1.29 is 18.6 Å². The van der Waals surface area contributed by atoms with Gasteiger partial charge in [0.25, 0.3) is 0 Å². The van der Waals surface area contributed by atoms with E-state index in [4.69, 9.17) is 0 Å². The summed E-state index contributed by atoms with van der Waals surface area (Å²) in [5, 5.41) is 22.6. The average molecular weight is 333 g/mol. The molecular weight excluding hydrogens is 310 g/mol. The molecule has 120 valence electrons. The molecule has 0 fully saturated rings. The zero-order chi connectivity index (χ0) is 16.0. The molecule has 0 bridgehead atoms. The minimum Gasteiger partial charge on any atom is -0.395 e. The van der Waals surface area contributed by atoms with Crippen molar-refractivity contribution in [2.45, 2.75) is 29.2 Å². The molecule has 3 atom stereocenters. The summed E-state index contributed by atoms with van der Waals surface area (Å²) in [5.41, 5.74) is 0.659. The molecule has 0 aliphatic rings. The molecule has 0 spiro atoms. The van der Waals surface area contributed by atoms with E-state index >= 15 is 0 Å². The third-order valence-electron chi connectivity index (χ3n) is 3.37. The summed E-state index contributed by atoms with van der Waals surface area (Å²) in [4.78, 5) is 0.238. The Kier molecular flexibility index (Phi) is 7.15. The molecule has 1 aromatic carbocycles. The quantitative estimate of drug-likeness (QED) is 0.653. The van der Waals surface area contributed by atoms with E-state index in [2.05, 4.69) is 5.32 Å². The smallest absolute Gasteiger partial charge is 0.175 e. The maximum Gasteiger partial charge on any atom is 0.175 e. The van der Waals surface area contributed by atoms with Crippen LogP contribution >= 0.6 is 11.8 Å². The van der Waals surface area contributed by atoms with Crippen molar-refractivity contribution in [2.75, 3.05) is 25.7 Å². The predicted octanol–water partition coefficient (Wildman–Crippen LogP) is 0.826. The van der Waals surface area contributed by atoms with E-state index in [0.717, 1.165) is 6.26 Å². The second kappa shape index (κ2) is 8.14. The minimum atomic E-state index is -3.22. The van der Waals surface area contributed by atoms with Gasteiger partial charge in [0.05, 0.1) is 17.6 Å². The first-order valence-electron chi connectivity index (χ1n) is 6.64. The van der Waals surface area contributed by atoms with Crippen LogP contribution in [0.4, 0.5) is 0 Å². The number of rotatable bonds is 8. The number of aliphatic hydroxyl groups excluding tert-OH is 2. The van der Waals surface area contributed by atoms with E-state index in [1.54, 1.807) is 23.9 Å². The molecule has 1 rings (SSSR count). The first-order chi connectivity index (χ1) is 9.79. The summed E-state index contributed by atoms with van der Waals surface area (Å²) in [6.45, 7) is 2.38. The molecule has 0 radical (unpaired) electrons. The lowest BCUT2D eigenvalue weighted by atomic mass is 10.1. The lowest BCUT2D eigenvalue weighted by Crippen LogP contribution is -2.39. The summed E-state index contributed by atoms with van der Waals surface area (Å²) >= 11 is 1.57. The van der Waals surface area contributed by atoms with Crippen LogP contribution in [0.25, 0.3) is 0 Å². The first-order valence-corrected chi connectivity index (χ1v) is 9.82. The van der Waals surface area contributed by atoms with Crippen LogP contribution in [-0.2, 0) is 9.84 Å². The van der Waals surface area contributed by atoms with Gasteiger partial charge in [-0.15, -0.1) is 0 Å². The molecule has 21 heavy (non-hydrogen) atoms. The standard InChI is InChI=1S/C14H23NO4S2/c1-10(14(9-16)20-2)15-8-13(17)11-4-6-12(7-5-11)21(3,18)19/h4-7,10,13-17H,8-9H2,1-3H3. The molecule has 1 aromatic rings. The van der Waals surface area contributed by atoms with Crippen LogP contribution in [0.1, 0.15) is 18.6 Å². The Morgan fingerprint density at radius 1 is 1.29 bits per heavy atom. The molecule has 0 aromatic heterocycles. The van der Waals surface area contributed by atoms with Crippen LogP contribution in [0.5, 0.6) is 0 Å². The van der Waals surface area contributed by atoms with Crippen molar-refractivity contribution in [3.8, 4) is 0 Å². The highest BCUT2D eigenvalue weighted by Gasteiger charge is 2.17. The fourth-order valence-corrected chi connectivity index (χ4v) is 3.20. The molecule has 3 N–H and O–H groups in total. The lowest BCUT2D eigenvalue weighted by molar-refractivity contribution is 0.167. The molecule has 7 heteroatoms. The van der Waals surface area contributed by atoms with Crippen molar-refractivity contribution in [3.63, 3.8) is 0 Å². The van der Waals surface area contributed by atoms with Gasteiger partial charge in [-0.3, -0.25) is 0 Å². The minimum absolute atomic E-state index is 0.0648. The fourth-order valence-electron chi connectivity index (χ4n) is 1.92. The summed E-state index contributed by atoms with van der Waals surface area (Å²) in [6.07, 6.45) is 2.36. The monoisotopic (exact) mass is 333 g/mol. The summed E-state index contributed by atoms with van der Waals surface area (Å²) < 4.78 is 22.7. The van der Waals surface area contributed by atoms with Crippen LogP contribution in [0.3, 0.4) is 0 Å². The van der Waals surface area contributed by atoms with Crippen LogP contribution in [-0.4, -0.2) is 55.6 Å². The second-order valence-corrected chi connectivity index (χ2v) is 8.10. The average Bonchev–Trinajstić information content (AvgIpc) is 2.45. The Morgan fingerprint density at radius 3 is 2.29 bits per heavy atom. The van der Waals surface area contributed by atoms with Crippen molar-refractivity contribution in [3.05, 3.63) is 29.8 Å². The molecule has 0 amide bonds. The van der Waals surface area contributed by atoms with E-state index in [-0.39, 0.29) is 22.8 Å². The van der Waals surface area contributed by atoms with Gasteiger partial charge in [-0.1, -0.05) is 12.1 Å². The van der Waals surface area contributed by atoms with Gasteiger partial charge in [-0.05, 0) is 30.9 Å². The third kappa shape index (κ3) is 5.60. The van der Waals surface area contributed by atoms with Gasteiger partial charge in [-0.25, -0.2) is 8.42 Å². The van der Waals surface area contributed by atoms with Gasteiger partial charge in [0.15, 0.2) is 9.84 Å². The SMILES string of the molecule is CSC(CO)C(C)NCC(O)c1ccc(S(C)(=O)=O)cc1. The number of hydrogen-bond donors (Lipinski definition) is 3. The van der Waals surface area contributed by atoms with E-state index in [1.165, 1.54) is 12.1 Å². The Balaban J connectivity index is 2.62. The van der Waals surface area contributed by atoms with Crippen molar-refractivity contribution in [1.82, 2.24) is 5.32 Å². The van der Waals surface area contributed by atoms with Crippen molar-refractivity contribution in [2.24, 2.45) is 0 Å². The Labute approximate surface area is 130 Å². The lowest BCUT2D eigenvalue weighted by Gasteiger charge is -2.23. The van der Waals surface area contributed by atoms with Crippen molar-refractivity contribution >= 4 is 21.6 Å². The van der Waals surface area contributed by atoms with Gasteiger partial charge >= 0.3 is 0 Å². The van der Waals surface area contributed by atoms with Crippen LogP contribution in [0.15, 0.2) is 29.2 Å². The highest BCUT2D eigenvalue weighted by Crippen LogP contribution is 2.17. The van der Waals surface area contributed by atoms with E-state index in [9.17, 15) is 18.6 Å². The summed E-state index contributed by atoms with van der Waals surface area (Å²) in [5.74, 6) is 0. The molecule has 3 unspecified atom stereocenters. The highest BCUT2D eigenvalue weighted by molar-refractivity contribution is 7.99. The molecule has 0 heterocycles. The molecule has 0 saturated heterocycles. The van der Waals surface area contributed by atoms with Gasteiger partial charge in [0, 0.05) is 24.1 Å². The van der Waals surface area contributed by atoms with Crippen LogP contribution in [0.2, 0.25) is 0 Å². The zero-order valence-electron chi connectivity index (χ0n) is 12.5. The topological polar surface area (TPSA) is 86.6 Å². The van der Waals surface area contributed by atoms with Crippen molar-refractivity contribution in [1.29, 1.82) is 0 Å². The molecule has 5 nitrogen and oxygen atoms in total. The number of benzene rings is 1. The Bertz CT molecular complexity index is 526. The van der Waals surface area contributed by atoms with E-state index in [0.29, 0.717) is 12.1 Å². The number of thioether (sulfide) groups is 1. The first kappa shape index (κ1) is 18.4. The van der Waals surface area contributed by atoms with Crippen LogP contribution in [0, 0.1) is 0 Å². The number of aliphatic hydroxyl groups is 2. The van der Waals surface area contributed by atoms with Gasteiger partial charge in [0.1, 0.15) is 0 Å². The summed E-state index contributed by atoms with van der Waals surface area (Å²) in [7, 11) is -3.22. The largest absolute Gasteiger partial charge is 0.395 e. The number of sulfone groups is 1. The molecule has 0 aliphatic heterocycles. The van der Waals surface area contributed by atoms with Gasteiger partial charge in [0.2, 0.25) is 0 Å². The summed E-state index contributed by atoms with van der Waals surface area (Å²) in [6, 6.07) is 6.29. The Hall–Kier alpha value is -0.600. The van der Waals surface area contributed by atoms with Gasteiger partial charge < -0.3 is 15.5 Å². The second-order valence-electron chi connectivity index (χ2n) is 5.01.